The van der Waals surface area contributed by atoms with Gasteiger partial charge in [0.2, 0.25) is 0 Å². The number of aliphatic carboxylic acids is 1. The highest BCUT2D eigenvalue weighted by atomic mass is 32.1. The van der Waals surface area contributed by atoms with Crippen molar-refractivity contribution in [3.63, 3.8) is 0 Å². The van der Waals surface area contributed by atoms with Crippen LogP contribution in [0, 0.1) is 5.92 Å². The summed E-state index contributed by atoms with van der Waals surface area (Å²) in [5.41, 5.74) is 0. The van der Waals surface area contributed by atoms with Crippen molar-refractivity contribution in [1.29, 1.82) is 0 Å². The van der Waals surface area contributed by atoms with Gasteiger partial charge < -0.3 is 15.3 Å². The summed E-state index contributed by atoms with van der Waals surface area (Å²) in [6.45, 7) is 7.59. The van der Waals surface area contributed by atoms with E-state index in [1.54, 1.807) is 11.3 Å². The first-order valence-electron chi connectivity index (χ1n) is 7.19. The highest BCUT2D eigenvalue weighted by Gasteiger charge is 2.26. The van der Waals surface area contributed by atoms with E-state index in [-0.39, 0.29) is 30.6 Å². The van der Waals surface area contributed by atoms with Crippen LogP contribution in [0.5, 0.6) is 0 Å². The van der Waals surface area contributed by atoms with Crippen LogP contribution in [0.4, 0.5) is 4.79 Å². The lowest BCUT2D eigenvalue weighted by Gasteiger charge is -2.30. The van der Waals surface area contributed by atoms with Crippen LogP contribution in [0.3, 0.4) is 0 Å². The van der Waals surface area contributed by atoms with Gasteiger partial charge in [0, 0.05) is 10.9 Å². The monoisotopic (exact) mass is 312 g/mol. The van der Waals surface area contributed by atoms with E-state index >= 15 is 0 Å². The molecule has 1 aromatic rings. The molecular weight excluding hydrogens is 288 g/mol. The first kappa shape index (κ1) is 17.5. The van der Waals surface area contributed by atoms with Crippen LogP contribution in [0.25, 0.3) is 0 Å². The van der Waals surface area contributed by atoms with Crippen LogP contribution < -0.4 is 5.32 Å². The maximum atomic E-state index is 12.4. The molecule has 5 nitrogen and oxygen atoms in total. The Kier molecular flexibility index (Phi) is 6.68. The van der Waals surface area contributed by atoms with Crippen LogP contribution in [0.2, 0.25) is 0 Å². The van der Waals surface area contributed by atoms with Crippen LogP contribution in [0.1, 0.15) is 45.0 Å². The Morgan fingerprint density at radius 2 is 2.05 bits per heavy atom. The average molecular weight is 312 g/mol. The smallest absolute Gasteiger partial charge is 0.323 e. The van der Waals surface area contributed by atoms with E-state index in [4.69, 9.17) is 5.11 Å². The molecule has 2 amide bonds. The third-order valence-electron chi connectivity index (χ3n) is 3.48. The summed E-state index contributed by atoms with van der Waals surface area (Å²) >= 11 is 1.59. The minimum atomic E-state index is -0.998. The van der Waals surface area contributed by atoms with Gasteiger partial charge in [0.05, 0.1) is 6.04 Å². The molecule has 0 fully saturated rings. The summed E-state index contributed by atoms with van der Waals surface area (Å²) in [5.74, 6) is -0.765. The van der Waals surface area contributed by atoms with Crippen molar-refractivity contribution >= 4 is 23.3 Å². The minimum Gasteiger partial charge on any atom is -0.480 e. The first-order valence-corrected chi connectivity index (χ1v) is 8.07. The summed E-state index contributed by atoms with van der Waals surface area (Å²) in [6.07, 6.45) is 0.714. The fourth-order valence-electron chi connectivity index (χ4n) is 2.04. The fraction of sp³-hybridized carbons (Fsp3) is 0.600. The van der Waals surface area contributed by atoms with Gasteiger partial charge >= 0.3 is 12.0 Å². The van der Waals surface area contributed by atoms with Crippen LogP contribution in [0.15, 0.2) is 17.5 Å². The Morgan fingerprint density at radius 1 is 1.38 bits per heavy atom. The number of nitrogens with zero attached hydrogens (tertiary/aromatic N) is 1. The number of carboxylic acids is 1. The summed E-state index contributed by atoms with van der Waals surface area (Å²) in [4.78, 5) is 25.9. The summed E-state index contributed by atoms with van der Waals surface area (Å²) in [7, 11) is 0. The molecule has 21 heavy (non-hydrogen) atoms. The number of urea groups is 1. The zero-order valence-corrected chi connectivity index (χ0v) is 13.8. The number of hydrogen-bond acceptors (Lipinski definition) is 3. The fourth-order valence-corrected chi connectivity index (χ4v) is 2.99. The Balaban J connectivity index is 2.85. The van der Waals surface area contributed by atoms with E-state index in [1.807, 2.05) is 45.2 Å². The van der Waals surface area contributed by atoms with Gasteiger partial charge in [-0.25, -0.2) is 4.79 Å². The normalized spacial score (nSPS) is 13.8. The Hall–Kier alpha value is -1.56. The van der Waals surface area contributed by atoms with Crippen molar-refractivity contribution in [2.24, 2.45) is 5.92 Å². The van der Waals surface area contributed by atoms with Gasteiger partial charge in [-0.15, -0.1) is 11.3 Å². The van der Waals surface area contributed by atoms with E-state index in [2.05, 4.69) is 5.32 Å². The highest BCUT2D eigenvalue weighted by molar-refractivity contribution is 7.10. The summed E-state index contributed by atoms with van der Waals surface area (Å²) in [5, 5.41) is 13.9. The maximum Gasteiger partial charge on any atom is 0.323 e. The predicted molar refractivity (Wildman–Crippen MR) is 84.5 cm³/mol. The molecule has 0 aliphatic rings. The van der Waals surface area contributed by atoms with Crippen molar-refractivity contribution in [2.75, 3.05) is 6.54 Å². The van der Waals surface area contributed by atoms with Gasteiger partial charge in [0.25, 0.3) is 0 Å². The van der Waals surface area contributed by atoms with E-state index in [0.717, 1.165) is 4.88 Å². The Labute approximate surface area is 130 Å². The van der Waals surface area contributed by atoms with Gasteiger partial charge in [-0.05, 0) is 30.7 Å². The van der Waals surface area contributed by atoms with E-state index in [9.17, 15) is 9.59 Å². The van der Waals surface area contributed by atoms with Gasteiger partial charge in [-0.3, -0.25) is 4.79 Å². The molecule has 0 radical (unpaired) electrons. The molecule has 2 unspecified atom stereocenters. The predicted octanol–water partition coefficient (Wildman–Crippen LogP) is 3.34. The third-order valence-corrected chi connectivity index (χ3v) is 4.44. The summed E-state index contributed by atoms with van der Waals surface area (Å²) in [6, 6.07) is 3.40. The molecule has 1 aromatic heterocycles. The molecule has 0 bridgehead atoms. The second kappa shape index (κ2) is 8.02. The largest absolute Gasteiger partial charge is 0.480 e. The minimum absolute atomic E-state index is 0.0992. The molecule has 0 aliphatic carbocycles. The molecule has 0 saturated carbocycles. The topological polar surface area (TPSA) is 69.6 Å². The van der Waals surface area contributed by atoms with Crippen molar-refractivity contribution in [2.45, 2.75) is 46.2 Å². The quantitative estimate of drug-likeness (QED) is 0.811. The molecule has 2 atom stereocenters. The standard InChI is InChI=1S/C15H24N2O3S/c1-5-11(4)17(9-13(18)19)15(20)16-14(10(2)3)12-7-6-8-21-12/h6-8,10-11,14H,5,9H2,1-4H3,(H,16,20)(H,18,19). The van der Waals surface area contributed by atoms with E-state index in [1.165, 1.54) is 4.90 Å². The molecule has 0 saturated heterocycles. The van der Waals surface area contributed by atoms with Gasteiger partial charge in [-0.1, -0.05) is 26.8 Å². The maximum absolute atomic E-state index is 12.4. The van der Waals surface area contributed by atoms with E-state index < -0.39 is 5.97 Å². The molecule has 1 heterocycles. The number of thiophene rings is 1. The molecule has 0 aliphatic heterocycles. The molecule has 2 N–H and O–H groups in total. The Bertz CT molecular complexity index is 459. The molecule has 0 spiro atoms. The lowest BCUT2D eigenvalue weighted by atomic mass is 10.0. The number of carboxylic acid groups (broad SMARTS) is 1. The first-order chi connectivity index (χ1) is 9.86. The van der Waals surface area contributed by atoms with Crippen molar-refractivity contribution in [3.05, 3.63) is 22.4 Å². The van der Waals surface area contributed by atoms with Gasteiger partial charge in [0.15, 0.2) is 0 Å². The zero-order valence-electron chi connectivity index (χ0n) is 13.0. The number of amides is 2. The molecular formula is C15H24N2O3S. The number of rotatable bonds is 7. The highest BCUT2D eigenvalue weighted by Crippen LogP contribution is 2.26. The van der Waals surface area contributed by atoms with Crippen molar-refractivity contribution < 1.29 is 14.7 Å². The zero-order chi connectivity index (χ0) is 16.0. The van der Waals surface area contributed by atoms with Crippen LogP contribution in [-0.2, 0) is 4.79 Å². The molecule has 6 heteroatoms. The number of hydrogen-bond donors (Lipinski definition) is 2. The molecule has 118 valence electrons. The lowest BCUT2D eigenvalue weighted by molar-refractivity contribution is -0.138. The van der Waals surface area contributed by atoms with Crippen LogP contribution >= 0.6 is 11.3 Å². The van der Waals surface area contributed by atoms with Gasteiger partial charge in [-0.2, -0.15) is 0 Å². The summed E-state index contributed by atoms with van der Waals surface area (Å²) < 4.78 is 0. The average Bonchev–Trinajstić information content (AvgIpc) is 2.94. The lowest BCUT2D eigenvalue weighted by Crippen LogP contribution is -2.48. The van der Waals surface area contributed by atoms with E-state index in [0.29, 0.717) is 6.42 Å². The Morgan fingerprint density at radius 3 is 2.48 bits per heavy atom. The third kappa shape index (κ3) is 5.04. The SMILES string of the molecule is CCC(C)N(CC(=O)O)C(=O)NC(c1cccs1)C(C)C. The molecule has 1 rings (SSSR count). The van der Waals surface area contributed by atoms with Crippen molar-refractivity contribution in [3.8, 4) is 0 Å². The number of nitrogens with one attached hydrogen (secondary N) is 1. The number of carbonyl (C=O) groups is 2. The van der Waals surface area contributed by atoms with Gasteiger partial charge in [0.1, 0.15) is 6.54 Å². The van der Waals surface area contributed by atoms with Crippen LogP contribution in [-0.4, -0.2) is 34.6 Å². The van der Waals surface area contributed by atoms with Crippen molar-refractivity contribution in [1.82, 2.24) is 10.2 Å². The second-order valence-corrected chi connectivity index (χ2v) is 6.44. The molecule has 0 aromatic carbocycles. The number of carbonyl (C=O) groups excluding carboxylic acids is 1. The second-order valence-electron chi connectivity index (χ2n) is 5.47.